The molecule has 2 aliphatic rings. The molecule has 2 aromatic rings. The van der Waals surface area contributed by atoms with Crippen LogP contribution < -0.4 is 5.73 Å². The van der Waals surface area contributed by atoms with Crippen molar-refractivity contribution in [1.82, 2.24) is 10.1 Å². The predicted octanol–water partition coefficient (Wildman–Crippen LogP) is 3.21. The molecule has 6 nitrogen and oxygen atoms in total. The molecule has 0 amide bonds. The number of hydrogen-bond donors (Lipinski definition) is 1. The van der Waals surface area contributed by atoms with E-state index in [1.54, 1.807) is 24.3 Å². The molecule has 1 aromatic heterocycles. The van der Waals surface area contributed by atoms with Gasteiger partial charge in [0, 0.05) is 5.56 Å². The van der Waals surface area contributed by atoms with E-state index in [4.69, 9.17) is 10.3 Å². The summed E-state index contributed by atoms with van der Waals surface area (Å²) < 4.78 is 30.5. The molecule has 1 heterocycles. The van der Waals surface area contributed by atoms with Crippen LogP contribution in [0.3, 0.4) is 0 Å². The molecular formula is C17H22ClN3O3S. The third-order valence-electron chi connectivity index (χ3n) is 5.29. The molecule has 0 bridgehead atoms. The summed E-state index contributed by atoms with van der Waals surface area (Å²) in [6.07, 6.45) is 6.32. The molecule has 0 radical (unpaired) electrons. The van der Waals surface area contributed by atoms with E-state index in [0.29, 0.717) is 22.2 Å². The Hall–Kier alpha value is -1.44. The monoisotopic (exact) mass is 383 g/mol. The van der Waals surface area contributed by atoms with Gasteiger partial charge >= 0.3 is 0 Å². The number of aromatic nitrogens is 2. The molecule has 2 N–H and O–H groups in total. The zero-order chi connectivity index (χ0) is 16.8. The third kappa shape index (κ3) is 3.20. The van der Waals surface area contributed by atoms with Crippen LogP contribution >= 0.6 is 12.4 Å². The van der Waals surface area contributed by atoms with Crippen LogP contribution in [0.2, 0.25) is 0 Å². The van der Waals surface area contributed by atoms with Gasteiger partial charge in [0.1, 0.15) is 0 Å². The average molecular weight is 384 g/mol. The highest BCUT2D eigenvalue weighted by Gasteiger charge is 2.39. The van der Waals surface area contributed by atoms with Crippen LogP contribution in [0.1, 0.15) is 50.8 Å². The van der Waals surface area contributed by atoms with Gasteiger partial charge in [0.15, 0.2) is 15.7 Å². The number of nitrogens with zero attached hydrogens (tertiary/aromatic N) is 2. The third-order valence-corrected chi connectivity index (χ3v) is 7.57. The Morgan fingerprint density at radius 2 is 1.72 bits per heavy atom. The first-order valence-corrected chi connectivity index (χ1v) is 10.0. The summed E-state index contributed by atoms with van der Waals surface area (Å²) in [5, 5.41) is 3.75. The lowest BCUT2D eigenvalue weighted by atomic mass is 9.77. The standard InChI is InChI=1S/C17H21N3O3S.ClH/c18-17(10-3-11-17)16-19-15(23-20-16)12-6-8-14(9-7-12)24(21,22)13-4-1-2-5-13;/h6-9,13H,1-5,10-11,18H2;1H. The van der Waals surface area contributed by atoms with Gasteiger partial charge in [-0.1, -0.05) is 18.0 Å². The van der Waals surface area contributed by atoms with Crippen molar-refractivity contribution >= 4 is 22.2 Å². The van der Waals surface area contributed by atoms with Gasteiger partial charge in [-0.15, -0.1) is 12.4 Å². The molecule has 4 rings (SSSR count). The number of nitrogens with two attached hydrogens (primary N) is 1. The van der Waals surface area contributed by atoms with Crippen LogP contribution in [0.15, 0.2) is 33.7 Å². The van der Waals surface area contributed by atoms with Crippen LogP contribution in [-0.2, 0) is 15.4 Å². The van der Waals surface area contributed by atoms with E-state index in [9.17, 15) is 8.42 Å². The molecule has 8 heteroatoms. The Balaban J connectivity index is 0.00000182. The summed E-state index contributed by atoms with van der Waals surface area (Å²) in [6.45, 7) is 0. The fraction of sp³-hybridized carbons (Fsp3) is 0.529. The van der Waals surface area contributed by atoms with E-state index < -0.39 is 15.4 Å². The van der Waals surface area contributed by atoms with Gasteiger partial charge in [0.25, 0.3) is 5.89 Å². The molecule has 0 unspecified atom stereocenters. The minimum absolute atomic E-state index is 0. The SMILES string of the molecule is Cl.NC1(c2noc(-c3ccc(S(=O)(=O)C4CCCC4)cc3)n2)CCC1. The molecular weight excluding hydrogens is 362 g/mol. The van der Waals surface area contributed by atoms with Gasteiger partial charge in [0.2, 0.25) is 0 Å². The average Bonchev–Trinajstić information content (AvgIpc) is 3.24. The van der Waals surface area contributed by atoms with Gasteiger partial charge in [-0.05, 0) is 56.4 Å². The lowest BCUT2D eigenvalue weighted by Crippen LogP contribution is -2.44. The van der Waals surface area contributed by atoms with Crippen molar-refractivity contribution < 1.29 is 12.9 Å². The van der Waals surface area contributed by atoms with Crippen LogP contribution in [-0.4, -0.2) is 23.8 Å². The second-order valence-electron chi connectivity index (χ2n) is 6.91. The van der Waals surface area contributed by atoms with Crippen molar-refractivity contribution in [3.05, 3.63) is 30.1 Å². The van der Waals surface area contributed by atoms with Crippen molar-refractivity contribution in [2.24, 2.45) is 5.73 Å². The van der Waals surface area contributed by atoms with E-state index in [-0.39, 0.29) is 17.7 Å². The summed E-state index contributed by atoms with van der Waals surface area (Å²) >= 11 is 0. The van der Waals surface area contributed by atoms with E-state index in [2.05, 4.69) is 10.1 Å². The lowest BCUT2D eigenvalue weighted by Gasteiger charge is -2.34. The van der Waals surface area contributed by atoms with Crippen molar-refractivity contribution in [3.8, 4) is 11.5 Å². The summed E-state index contributed by atoms with van der Waals surface area (Å²) in [4.78, 5) is 4.76. The van der Waals surface area contributed by atoms with Gasteiger partial charge in [0.05, 0.1) is 15.7 Å². The van der Waals surface area contributed by atoms with Gasteiger partial charge in [-0.2, -0.15) is 4.98 Å². The summed E-state index contributed by atoms with van der Waals surface area (Å²) in [6, 6.07) is 6.72. The van der Waals surface area contributed by atoms with E-state index in [1.807, 2.05) is 0 Å². The molecule has 2 fully saturated rings. The number of sulfone groups is 1. The first-order valence-electron chi connectivity index (χ1n) is 8.46. The molecule has 0 spiro atoms. The Kier molecular flexibility index (Phi) is 4.92. The fourth-order valence-electron chi connectivity index (χ4n) is 3.50. The molecule has 0 aliphatic heterocycles. The van der Waals surface area contributed by atoms with Gasteiger partial charge < -0.3 is 10.3 Å². The highest BCUT2D eigenvalue weighted by Crippen LogP contribution is 2.38. The predicted molar refractivity (Wildman–Crippen MR) is 96.1 cm³/mol. The maximum absolute atomic E-state index is 12.6. The topological polar surface area (TPSA) is 99.1 Å². The number of benzene rings is 1. The minimum atomic E-state index is -3.24. The minimum Gasteiger partial charge on any atom is -0.334 e. The molecule has 136 valence electrons. The zero-order valence-electron chi connectivity index (χ0n) is 13.8. The second-order valence-corrected chi connectivity index (χ2v) is 9.14. The molecule has 1 aromatic carbocycles. The normalized spacial score (nSPS) is 20.0. The first-order chi connectivity index (χ1) is 11.5. The van der Waals surface area contributed by atoms with Crippen LogP contribution in [0.4, 0.5) is 0 Å². The molecule has 2 aliphatic carbocycles. The summed E-state index contributed by atoms with van der Waals surface area (Å²) in [5.74, 6) is 0.915. The summed E-state index contributed by atoms with van der Waals surface area (Å²) in [5.41, 5.74) is 6.45. The van der Waals surface area contributed by atoms with Crippen LogP contribution in [0, 0.1) is 0 Å². The van der Waals surface area contributed by atoms with Crippen molar-refractivity contribution in [2.45, 2.75) is 60.6 Å². The Morgan fingerprint density at radius 3 is 2.28 bits per heavy atom. The number of hydrogen-bond acceptors (Lipinski definition) is 6. The van der Waals surface area contributed by atoms with E-state index in [0.717, 1.165) is 44.9 Å². The quantitative estimate of drug-likeness (QED) is 0.870. The Labute approximate surface area is 153 Å². The van der Waals surface area contributed by atoms with Crippen molar-refractivity contribution in [2.75, 3.05) is 0 Å². The molecule has 25 heavy (non-hydrogen) atoms. The number of rotatable bonds is 4. The molecule has 0 saturated heterocycles. The van der Waals surface area contributed by atoms with E-state index >= 15 is 0 Å². The van der Waals surface area contributed by atoms with Crippen LogP contribution in [0.5, 0.6) is 0 Å². The first kappa shape index (κ1) is 18.4. The highest BCUT2D eigenvalue weighted by molar-refractivity contribution is 7.92. The summed E-state index contributed by atoms with van der Waals surface area (Å²) in [7, 11) is -3.24. The zero-order valence-corrected chi connectivity index (χ0v) is 15.5. The van der Waals surface area contributed by atoms with Gasteiger partial charge in [-0.25, -0.2) is 8.42 Å². The Morgan fingerprint density at radius 1 is 1.08 bits per heavy atom. The maximum atomic E-state index is 12.6. The lowest BCUT2D eigenvalue weighted by molar-refractivity contribution is 0.229. The maximum Gasteiger partial charge on any atom is 0.257 e. The molecule has 2 saturated carbocycles. The van der Waals surface area contributed by atoms with Crippen LogP contribution in [0.25, 0.3) is 11.5 Å². The highest BCUT2D eigenvalue weighted by atomic mass is 35.5. The van der Waals surface area contributed by atoms with Crippen molar-refractivity contribution in [3.63, 3.8) is 0 Å². The fourth-order valence-corrected chi connectivity index (χ4v) is 5.36. The largest absolute Gasteiger partial charge is 0.334 e. The van der Waals surface area contributed by atoms with E-state index in [1.165, 1.54) is 0 Å². The smallest absolute Gasteiger partial charge is 0.257 e. The Bertz CT molecular complexity index is 838. The molecule has 0 atom stereocenters. The number of halogens is 1. The van der Waals surface area contributed by atoms with Crippen molar-refractivity contribution in [1.29, 1.82) is 0 Å². The van der Waals surface area contributed by atoms with Gasteiger partial charge in [-0.3, -0.25) is 0 Å². The second kappa shape index (κ2) is 6.70.